The van der Waals surface area contributed by atoms with Gasteiger partial charge in [-0.1, -0.05) is 47.5 Å². The first kappa shape index (κ1) is 16.7. The SMILES string of the molecule is C=CCOc1ccc(C(=O)Nc2cc(Cl)c(Cl)cc2Cl)cc1. The minimum absolute atomic E-state index is 0.310. The lowest BCUT2D eigenvalue weighted by Gasteiger charge is -2.09. The Kier molecular flexibility index (Phi) is 5.72. The summed E-state index contributed by atoms with van der Waals surface area (Å²) >= 11 is 17.8. The molecule has 2 rings (SSSR count). The Morgan fingerprint density at radius 3 is 2.36 bits per heavy atom. The van der Waals surface area contributed by atoms with Gasteiger partial charge >= 0.3 is 0 Å². The monoisotopic (exact) mass is 355 g/mol. The molecule has 0 fully saturated rings. The summed E-state index contributed by atoms with van der Waals surface area (Å²) in [5.41, 5.74) is 0.862. The molecule has 0 heterocycles. The molecule has 0 aliphatic carbocycles. The molecule has 0 aliphatic rings. The van der Waals surface area contributed by atoms with E-state index in [-0.39, 0.29) is 5.91 Å². The summed E-state index contributed by atoms with van der Waals surface area (Å²) < 4.78 is 5.35. The first-order valence-electron chi connectivity index (χ1n) is 6.31. The van der Waals surface area contributed by atoms with Crippen LogP contribution in [0.25, 0.3) is 0 Å². The smallest absolute Gasteiger partial charge is 0.255 e. The number of nitrogens with one attached hydrogen (secondary N) is 1. The Morgan fingerprint density at radius 2 is 1.73 bits per heavy atom. The van der Waals surface area contributed by atoms with E-state index in [2.05, 4.69) is 11.9 Å². The van der Waals surface area contributed by atoms with E-state index >= 15 is 0 Å². The average molecular weight is 357 g/mol. The number of benzene rings is 2. The van der Waals surface area contributed by atoms with Crippen LogP contribution in [0.2, 0.25) is 15.1 Å². The second-order valence-electron chi connectivity index (χ2n) is 4.32. The highest BCUT2D eigenvalue weighted by molar-refractivity contribution is 6.44. The number of anilines is 1. The zero-order valence-corrected chi connectivity index (χ0v) is 13.7. The van der Waals surface area contributed by atoms with E-state index in [1.807, 2.05) is 0 Å². The summed E-state index contributed by atoms with van der Waals surface area (Å²) in [6.45, 7) is 3.98. The van der Waals surface area contributed by atoms with Gasteiger partial charge in [-0.2, -0.15) is 0 Å². The molecule has 0 saturated heterocycles. The van der Waals surface area contributed by atoms with Gasteiger partial charge in [0.05, 0.1) is 20.8 Å². The van der Waals surface area contributed by atoms with Gasteiger partial charge in [0.25, 0.3) is 5.91 Å². The van der Waals surface area contributed by atoms with Crippen LogP contribution in [-0.4, -0.2) is 12.5 Å². The molecule has 0 radical (unpaired) electrons. The fraction of sp³-hybridized carbons (Fsp3) is 0.0625. The fourth-order valence-electron chi connectivity index (χ4n) is 1.67. The first-order valence-corrected chi connectivity index (χ1v) is 7.44. The number of ether oxygens (including phenoxy) is 1. The van der Waals surface area contributed by atoms with Crippen LogP contribution in [0.3, 0.4) is 0 Å². The summed E-state index contributed by atoms with van der Waals surface area (Å²) in [6, 6.07) is 9.70. The van der Waals surface area contributed by atoms with Gasteiger partial charge in [-0.05, 0) is 36.4 Å². The van der Waals surface area contributed by atoms with E-state index in [4.69, 9.17) is 39.5 Å². The number of halogens is 3. The topological polar surface area (TPSA) is 38.3 Å². The Labute approximate surface area is 143 Å². The predicted molar refractivity (Wildman–Crippen MR) is 91.6 cm³/mol. The van der Waals surface area contributed by atoms with Gasteiger partial charge in [-0.15, -0.1) is 0 Å². The van der Waals surface area contributed by atoms with Crippen molar-refractivity contribution in [3.8, 4) is 5.75 Å². The van der Waals surface area contributed by atoms with Crippen molar-refractivity contribution in [2.75, 3.05) is 11.9 Å². The summed E-state index contributed by atoms with van der Waals surface area (Å²) in [6.07, 6.45) is 1.65. The first-order chi connectivity index (χ1) is 10.5. The summed E-state index contributed by atoms with van der Waals surface area (Å²) in [7, 11) is 0. The molecule has 6 heteroatoms. The molecule has 114 valence electrons. The van der Waals surface area contributed by atoms with Gasteiger partial charge in [0.1, 0.15) is 12.4 Å². The largest absolute Gasteiger partial charge is 0.490 e. The van der Waals surface area contributed by atoms with Crippen LogP contribution in [0.5, 0.6) is 5.75 Å². The lowest BCUT2D eigenvalue weighted by molar-refractivity contribution is 0.102. The highest BCUT2D eigenvalue weighted by Crippen LogP contribution is 2.32. The molecule has 1 amide bonds. The molecule has 2 aromatic carbocycles. The Bertz CT molecular complexity index is 699. The van der Waals surface area contributed by atoms with Gasteiger partial charge < -0.3 is 10.1 Å². The normalized spacial score (nSPS) is 10.1. The molecule has 0 aliphatic heterocycles. The zero-order valence-electron chi connectivity index (χ0n) is 11.4. The maximum absolute atomic E-state index is 12.2. The van der Waals surface area contributed by atoms with Crippen LogP contribution in [0, 0.1) is 0 Å². The highest BCUT2D eigenvalue weighted by atomic mass is 35.5. The lowest BCUT2D eigenvalue weighted by atomic mass is 10.2. The maximum atomic E-state index is 12.2. The van der Waals surface area contributed by atoms with E-state index in [9.17, 15) is 4.79 Å². The minimum Gasteiger partial charge on any atom is -0.490 e. The molecule has 0 aromatic heterocycles. The third-order valence-electron chi connectivity index (χ3n) is 2.74. The van der Waals surface area contributed by atoms with Crippen LogP contribution in [0.4, 0.5) is 5.69 Å². The van der Waals surface area contributed by atoms with Crippen molar-refractivity contribution in [1.29, 1.82) is 0 Å². The summed E-state index contributed by atoms with van der Waals surface area (Å²) in [5.74, 6) is 0.347. The van der Waals surface area contributed by atoms with Gasteiger partial charge in [-0.25, -0.2) is 0 Å². The second-order valence-corrected chi connectivity index (χ2v) is 5.55. The second kappa shape index (κ2) is 7.54. The van der Waals surface area contributed by atoms with Crippen LogP contribution in [0.1, 0.15) is 10.4 Å². The molecule has 0 saturated carbocycles. The van der Waals surface area contributed by atoms with Gasteiger partial charge in [-0.3, -0.25) is 4.79 Å². The number of rotatable bonds is 5. The van der Waals surface area contributed by atoms with Crippen molar-refractivity contribution in [3.05, 3.63) is 69.7 Å². The number of hydrogen-bond donors (Lipinski definition) is 1. The number of carbonyl (C=O) groups excluding carboxylic acids is 1. The van der Waals surface area contributed by atoms with E-state index < -0.39 is 0 Å². The molecule has 0 bridgehead atoms. The predicted octanol–water partition coefficient (Wildman–Crippen LogP) is 5.46. The molecule has 0 atom stereocenters. The highest BCUT2D eigenvalue weighted by Gasteiger charge is 2.11. The molecule has 0 unspecified atom stereocenters. The van der Waals surface area contributed by atoms with Crippen LogP contribution < -0.4 is 10.1 Å². The Balaban J connectivity index is 2.12. The number of hydrogen-bond acceptors (Lipinski definition) is 2. The van der Waals surface area contributed by atoms with Gasteiger partial charge in [0.2, 0.25) is 0 Å². The number of carbonyl (C=O) groups is 1. The van der Waals surface area contributed by atoms with Gasteiger partial charge in [0, 0.05) is 5.56 Å². The summed E-state index contributed by atoms with van der Waals surface area (Å²) in [5, 5.41) is 3.64. The zero-order chi connectivity index (χ0) is 16.1. The van der Waals surface area contributed by atoms with Crippen molar-refractivity contribution in [3.63, 3.8) is 0 Å². The van der Waals surface area contributed by atoms with Crippen molar-refractivity contribution < 1.29 is 9.53 Å². The third-order valence-corrected chi connectivity index (χ3v) is 3.78. The van der Waals surface area contributed by atoms with E-state index in [1.54, 1.807) is 30.3 Å². The number of amides is 1. The van der Waals surface area contributed by atoms with Gasteiger partial charge in [0.15, 0.2) is 0 Å². The molecule has 22 heavy (non-hydrogen) atoms. The average Bonchev–Trinajstić information content (AvgIpc) is 2.51. The molecule has 1 N–H and O–H groups in total. The van der Waals surface area contributed by atoms with Crippen LogP contribution >= 0.6 is 34.8 Å². The quantitative estimate of drug-likeness (QED) is 0.570. The van der Waals surface area contributed by atoms with E-state index in [1.165, 1.54) is 12.1 Å². The molecule has 3 nitrogen and oxygen atoms in total. The van der Waals surface area contributed by atoms with Crippen molar-refractivity contribution in [2.45, 2.75) is 0 Å². The Morgan fingerprint density at radius 1 is 1.09 bits per heavy atom. The lowest BCUT2D eigenvalue weighted by Crippen LogP contribution is -2.12. The minimum atomic E-state index is -0.310. The third kappa shape index (κ3) is 4.17. The van der Waals surface area contributed by atoms with Crippen LogP contribution in [0.15, 0.2) is 49.1 Å². The van der Waals surface area contributed by atoms with Crippen LogP contribution in [-0.2, 0) is 0 Å². The van der Waals surface area contributed by atoms with Crippen molar-refractivity contribution in [2.24, 2.45) is 0 Å². The fourth-order valence-corrected chi connectivity index (χ4v) is 2.26. The Hall–Kier alpha value is -1.68. The van der Waals surface area contributed by atoms with E-state index in [0.717, 1.165) is 0 Å². The molecule has 2 aromatic rings. The van der Waals surface area contributed by atoms with Crippen molar-refractivity contribution >= 4 is 46.4 Å². The van der Waals surface area contributed by atoms with Crippen molar-refractivity contribution in [1.82, 2.24) is 0 Å². The maximum Gasteiger partial charge on any atom is 0.255 e. The molecular weight excluding hydrogens is 345 g/mol. The molecule has 0 spiro atoms. The van der Waals surface area contributed by atoms with E-state index in [0.29, 0.717) is 38.7 Å². The summed E-state index contributed by atoms with van der Waals surface area (Å²) in [4.78, 5) is 12.2. The molecular formula is C16H12Cl3NO2. The standard InChI is InChI=1S/C16H12Cl3NO2/c1-2-7-22-11-5-3-10(4-6-11)16(21)20-15-9-13(18)12(17)8-14(15)19/h2-6,8-9H,1,7H2,(H,20,21).